The van der Waals surface area contributed by atoms with Crippen LogP contribution in [0.25, 0.3) is 0 Å². The van der Waals surface area contributed by atoms with Crippen LogP contribution >= 0.6 is 11.8 Å². The first-order chi connectivity index (χ1) is 8.54. The van der Waals surface area contributed by atoms with E-state index in [-0.39, 0.29) is 18.1 Å². The zero-order valence-electron chi connectivity index (χ0n) is 9.72. The number of hydrogen-bond donors (Lipinski definition) is 2. The molecule has 0 saturated carbocycles. The van der Waals surface area contributed by atoms with Gasteiger partial charge >= 0.3 is 5.97 Å². The van der Waals surface area contributed by atoms with E-state index < -0.39 is 17.9 Å². The van der Waals surface area contributed by atoms with Crippen molar-refractivity contribution in [1.29, 1.82) is 0 Å². The van der Waals surface area contributed by atoms with Crippen LogP contribution in [0.4, 0.5) is 4.79 Å². The predicted octanol–water partition coefficient (Wildman–Crippen LogP) is 0.138. The van der Waals surface area contributed by atoms with Crippen LogP contribution in [-0.4, -0.2) is 52.0 Å². The second-order valence-electron chi connectivity index (χ2n) is 3.72. The molecule has 2 N–H and O–H groups in total. The Kier molecular flexibility index (Phi) is 5.52. The van der Waals surface area contributed by atoms with Crippen molar-refractivity contribution in [2.24, 2.45) is 0 Å². The molecule has 6 nitrogen and oxygen atoms in total. The second-order valence-corrected chi connectivity index (χ2v) is 4.76. The van der Waals surface area contributed by atoms with Gasteiger partial charge in [-0.05, 0) is 0 Å². The van der Waals surface area contributed by atoms with Gasteiger partial charge in [0.15, 0.2) is 0 Å². The van der Waals surface area contributed by atoms with E-state index in [1.165, 1.54) is 11.8 Å². The highest BCUT2D eigenvalue weighted by molar-refractivity contribution is 8.13. The number of hydrogen-bond acceptors (Lipinski definition) is 4. The summed E-state index contributed by atoms with van der Waals surface area (Å²) in [5.41, 5.74) is 0. The lowest BCUT2D eigenvalue weighted by Gasteiger charge is -2.15. The van der Waals surface area contributed by atoms with E-state index in [0.717, 1.165) is 5.75 Å². The highest BCUT2D eigenvalue weighted by atomic mass is 32.2. The van der Waals surface area contributed by atoms with E-state index in [4.69, 9.17) is 11.5 Å². The first kappa shape index (κ1) is 14.4. The zero-order valence-corrected chi connectivity index (χ0v) is 10.5. The Morgan fingerprint density at radius 2 is 2.33 bits per heavy atom. The topological polar surface area (TPSA) is 86.7 Å². The van der Waals surface area contributed by atoms with Gasteiger partial charge in [-0.15, -0.1) is 12.3 Å². The number of carbonyl (C=O) groups excluding carboxylic acids is 2. The largest absolute Gasteiger partial charge is 0.480 e. The Morgan fingerprint density at radius 1 is 1.61 bits per heavy atom. The molecule has 98 valence electrons. The maximum atomic E-state index is 11.5. The third kappa shape index (κ3) is 4.30. The van der Waals surface area contributed by atoms with Gasteiger partial charge in [0.25, 0.3) is 5.24 Å². The van der Waals surface area contributed by atoms with Gasteiger partial charge in [-0.2, -0.15) is 0 Å². The fraction of sp³-hybridized carbons (Fsp3) is 0.545. The summed E-state index contributed by atoms with van der Waals surface area (Å²) in [6, 6.07) is -1.06. The van der Waals surface area contributed by atoms with Crippen LogP contribution in [0.5, 0.6) is 0 Å². The van der Waals surface area contributed by atoms with Crippen molar-refractivity contribution in [3.05, 3.63) is 0 Å². The monoisotopic (exact) mass is 270 g/mol. The van der Waals surface area contributed by atoms with E-state index in [1.807, 2.05) is 0 Å². The molecule has 7 heteroatoms. The van der Waals surface area contributed by atoms with Gasteiger partial charge in [0, 0.05) is 31.7 Å². The van der Waals surface area contributed by atoms with Gasteiger partial charge in [0.2, 0.25) is 5.91 Å². The lowest BCUT2D eigenvalue weighted by atomic mass is 10.2. The normalized spacial score (nSPS) is 16.2. The number of nitrogens with zero attached hydrogens (tertiary/aromatic N) is 1. The minimum absolute atomic E-state index is 0.0405. The summed E-state index contributed by atoms with van der Waals surface area (Å²) in [6.07, 6.45) is 5.04. The average molecular weight is 270 g/mol. The summed E-state index contributed by atoms with van der Waals surface area (Å²) in [6.45, 7) is 0.934. The number of carboxylic acids is 1. The SMILES string of the molecule is C#CCC(NC(=O)CCN1CCSC1=O)C(=O)O. The first-order valence-corrected chi connectivity index (χ1v) is 6.40. The number of carboxylic acid groups (broad SMARTS) is 1. The molecule has 0 bridgehead atoms. The van der Waals surface area contributed by atoms with Crippen LogP contribution in [0.15, 0.2) is 0 Å². The van der Waals surface area contributed by atoms with E-state index in [0.29, 0.717) is 13.1 Å². The van der Waals surface area contributed by atoms with Crippen molar-refractivity contribution in [3.63, 3.8) is 0 Å². The van der Waals surface area contributed by atoms with Crippen LogP contribution in [0, 0.1) is 12.3 Å². The maximum absolute atomic E-state index is 11.5. The molecule has 1 aliphatic rings. The van der Waals surface area contributed by atoms with Gasteiger partial charge in [-0.3, -0.25) is 9.59 Å². The molecule has 1 atom stereocenters. The van der Waals surface area contributed by atoms with Crippen molar-refractivity contribution in [2.45, 2.75) is 18.9 Å². The highest BCUT2D eigenvalue weighted by Crippen LogP contribution is 2.16. The molecule has 1 saturated heterocycles. The number of amides is 2. The molecule has 1 unspecified atom stereocenters. The Morgan fingerprint density at radius 3 is 2.83 bits per heavy atom. The van der Waals surface area contributed by atoms with Gasteiger partial charge < -0.3 is 15.3 Å². The van der Waals surface area contributed by atoms with E-state index in [1.54, 1.807) is 4.90 Å². The van der Waals surface area contributed by atoms with Crippen LogP contribution in [-0.2, 0) is 9.59 Å². The molecular formula is C11H14N2O4S. The maximum Gasteiger partial charge on any atom is 0.327 e. The molecule has 0 radical (unpaired) electrons. The van der Waals surface area contributed by atoms with Crippen molar-refractivity contribution >= 4 is 28.9 Å². The Balaban J connectivity index is 2.34. The third-order valence-electron chi connectivity index (χ3n) is 2.41. The van der Waals surface area contributed by atoms with E-state index >= 15 is 0 Å². The first-order valence-electron chi connectivity index (χ1n) is 5.42. The Labute approximate surface area is 109 Å². The van der Waals surface area contributed by atoms with Gasteiger partial charge in [0.1, 0.15) is 6.04 Å². The third-order valence-corrected chi connectivity index (χ3v) is 3.30. The summed E-state index contributed by atoms with van der Waals surface area (Å²) in [7, 11) is 0. The van der Waals surface area contributed by atoms with E-state index in [2.05, 4.69) is 11.2 Å². The second kappa shape index (κ2) is 6.91. The predicted molar refractivity (Wildman–Crippen MR) is 67.1 cm³/mol. The van der Waals surface area contributed by atoms with Crippen molar-refractivity contribution in [2.75, 3.05) is 18.8 Å². The molecule has 1 rings (SSSR count). The molecule has 1 heterocycles. The van der Waals surface area contributed by atoms with Crippen LogP contribution < -0.4 is 5.32 Å². The van der Waals surface area contributed by atoms with Crippen molar-refractivity contribution in [3.8, 4) is 12.3 Å². The summed E-state index contributed by atoms with van der Waals surface area (Å²) in [5, 5.41) is 11.1. The smallest absolute Gasteiger partial charge is 0.327 e. The molecule has 18 heavy (non-hydrogen) atoms. The molecule has 0 aliphatic carbocycles. The average Bonchev–Trinajstić information content (AvgIpc) is 2.71. The van der Waals surface area contributed by atoms with Gasteiger partial charge in [0.05, 0.1) is 0 Å². The molecular weight excluding hydrogens is 256 g/mol. The number of aliphatic carboxylic acids is 1. The minimum Gasteiger partial charge on any atom is -0.480 e. The van der Waals surface area contributed by atoms with Crippen molar-refractivity contribution in [1.82, 2.24) is 10.2 Å². The van der Waals surface area contributed by atoms with Crippen molar-refractivity contribution < 1.29 is 19.5 Å². The number of terminal acetylenes is 1. The Bertz CT molecular complexity index is 391. The Hall–Kier alpha value is -1.68. The summed E-state index contributed by atoms with van der Waals surface area (Å²) < 4.78 is 0. The fourth-order valence-corrected chi connectivity index (χ4v) is 2.30. The molecule has 0 aromatic rings. The number of carbonyl (C=O) groups is 3. The minimum atomic E-state index is -1.16. The highest BCUT2D eigenvalue weighted by Gasteiger charge is 2.23. The molecule has 0 spiro atoms. The lowest BCUT2D eigenvalue weighted by molar-refractivity contribution is -0.141. The fourth-order valence-electron chi connectivity index (χ4n) is 1.45. The molecule has 1 aliphatic heterocycles. The number of nitrogens with one attached hydrogen (secondary N) is 1. The van der Waals surface area contributed by atoms with Crippen LogP contribution in [0.1, 0.15) is 12.8 Å². The van der Waals surface area contributed by atoms with Gasteiger partial charge in [-0.1, -0.05) is 11.8 Å². The summed E-state index contributed by atoms with van der Waals surface area (Å²) in [4.78, 5) is 35.1. The zero-order chi connectivity index (χ0) is 13.5. The number of rotatable bonds is 6. The summed E-state index contributed by atoms with van der Waals surface area (Å²) in [5.74, 6) is 1.35. The van der Waals surface area contributed by atoms with Crippen LogP contribution in [0.2, 0.25) is 0 Å². The lowest BCUT2D eigenvalue weighted by Crippen LogP contribution is -2.41. The standard InChI is InChI=1S/C11H14N2O4S/c1-2-3-8(10(15)16)12-9(14)4-5-13-6-7-18-11(13)17/h1,8H,3-7H2,(H,12,14)(H,15,16). The molecule has 0 aromatic heterocycles. The quantitative estimate of drug-likeness (QED) is 0.670. The molecule has 1 fully saturated rings. The van der Waals surface area contributed by atoms with Gasteiger partial charge in [-0.25, -0.2) is 4.79 Å². The summed E-state index contributed by atoms with van der Waals surface area (Å²) >= 11 is 1.22. The van der Waals surface area contributed by atoms with Crippen LogP contribution in [0.3, 0.4) is 0 Å². The molecule has 2 amide bonds. The van der Waals surface area contributed by atoms with E-state index in [9.17, 15) is 14.4 Å². The molecule has 0 aromatic carbocycles. The number of thioether (sulfide) groups is 1.